The van der Waals surface area contributed by atoms with Gasteiger partial charge in [-0.05, 0) is 12.6 Å². The van der Waals surface area contributed by atoms with Crippen molar-refractivity contribution in [3.8, 4) is 11.8 Å². The monoisotopic (exact) mass is 253 g/mol. The molecule has 0 radical (unpaired) electrons. The predicted molar refractivity (Wildman–Crippen MR) is 61.6 cm³/mol. The molecular weight excluding hydrogens is 241 g/mol. The Bertz CT molecular complexity index is 473. The molecular formula is C11H12FN3O3. The topological polar surface area (TPSA) is 88.2 Å². The van der Waals surface area contributed by atoms with Gasteiger partial charge in [0.2, 0.25) is 5.75 Å². The van der Waals surface area contributed by atoms with Crippen LogP contribution in [0.5, 0.6) is 5.75 Å². The minimum absolute atomic E-state index is 0.161. The molecule has 0 saturated heterocycles. The molecule has 0 saturated carbocycles. The van der Waals surface area contributed by atoms with Crippen molar-refractivity contribution in [2.24, 2.45) is 0 Å². The summed E-state index contributed by atoms with van der Waals surface area (Å²) in [5, 5.41) is 22.2. The van der Waals surface area contributed by atoms with Gasteiger partial charge in [0.05, 0.1) is 11.0 Å². The number of nitriles is 1. The Kier molecular flexibility index (Phi) is 5.02. The van der Waals surface area contributed by atoms with E-state index in [1.54, 1.807) is 6.92 Å². The lowest BCUT2D eigenvalue weighted by atomic mass is 10.3. The standard InChI is InChI=1S/C11H12FN3O3/c1-2-14-8(6-13)7-18-11-9(12)4-3-5-10(11)15(16)17/h3-5,8,14H,2,7H2,1H3. The van der Waals surface area contributed by atoms with Crippen molar-refractivity contribution in [1.29, 1.82) is 5.26 Å². The molecule has 1 N–H and O–H groups in total. The van der Waals surface area contributed by atoms with Crippen LogP contribution in [0.15, 0.2) is 18.2 Å². The molecule has 1 aromatic rings. The molecule has 1 aromatic carbocycles. The van der Waals surface area contributed by atoms with E-state index in [2.05, 4.69) is 5.32 Å². The molecule has 0 aliphatic carbocycles. The molecule has 1 unspecified atom stereocenters. The molecule has 18 heavy (non-hydrogen) atoms. The largest absolute Gasteiger partial charge is 0.482 e. The van der Waals surface area contributed by atoms with Crippen LogP contribution in [0, 0.1) is 27.3 Å². The van der Waals surface area contributed by atoms with E-state index < -0.39 is 28.2 Å². The summed E-state index contributed by atoms with van der Waals surface area (Å²) in [6.07, 6.45) is 0. The van der Waals surface area contributed by atoms with Gasteiger partial charge in [-0.15, -0.1) is 0 Å². The summed E-state index contributed by atoms with van der Waals surface area (Å²) in [4.78, 5) is 9.96. The van der Waals surface area contributed by atoms with Gasteiger partial charge in [0.25, 0.3) is 0 Å². The maximum atomic E-state index is 13.4. The van der Waals surface area contributed by atoms with Gasteiger partial charge in [-0.1, -0.05) is 13.0 Å². The van der Waals surface area contributed by atoms with Gasteiger partial charge in [0.1, 0.15) is 12.6 Å². The number of nitrogens with zero attached hydrogens (tertiary/aromatic N) is 2. The number of rotatable bonds is 6. The van der Waals surface area contributed by atoms with Gasteiger partial charge in [0, 0.05) is 6.07 Å². The highest BCUT2D eigenvalue weighted by molar-refractivity contribution is 5.46. The zero-order valence-electron chi connectivity index (χ0n) is 9.72. The summed E-state index contributed by atoms with van der Waals surface area (Å²) in [7, 11) is 0. The predicted octanol–water partition coefficient (Wildman–Crippen LogP) is 1.61. The van der Waals surface area contributed by atoms with E-state index in [4.69, 9.17) is 10.00 Å². The fourth-order valence-corrected chi connectivity index (χ4v) is 1.34. The molecule has 0 fully saturated rings. The molecule has 0 amide bonds. The average molecular weight is 253 g/mol. The van der Waals surface area contributed by atoms with Crippen LogP contribution in [-0.2, 0) is 0 Å². The third-order valence-electron chi connectivity index (χ3n) is 2.14. The van der Waals surface area contributed by atoms with Gasteiger partial charge in [0.15, 0.2) is 5.82 Å². The molecule has 0 bridgehead atoms. The van der Waals surface area contributed by atoms with Crippen LogP contribution >= 0.6 is 0 Å². The number of para-hydroxylation sites is 1. The summed E-state index contributed by atoms with van der Waals surface area (Å²) in [5.41, 5.74) is -0.455. The summed E-state index contributed by atoms with van der Waals surface area (Å²) in [5.74, 6) is -1.27. The molecule has 1 rings (SSSR count). The normalized spacial score (nSPS) is 11.6. The Hall–Kier alpha value is -2.20. The average Bonchev–Trinajstić information content (AvgIpc) is 2.35. The fraction of sp³-hybridized carbons (Fsp3) is 0.364. The Balaban J connectivity index is 2.84. The maximum Gasteiger partial charge on any atom is 0.314 e. The molecule has 0 aliphatic rings. The second-order valence-electron chi connectivity index (χ2n) is 3.40. The molecule has 1 atom stereocenters. The summed E-state index contributed by atoms with van der Waals surface area (Å²) < 4.78 is 18.5. The second-order valence-corrected chi connectivity index (χ2v) is 3.40. The van der Waals surface area contributed by atoms with Crippen LogP contribution in [0.3, 0.4) is 0 Å². The first-order valence-corrected chi connectivity index (χ1v) is 5.28. The first-order chi connectivity index (χ1) is 8.60. The van der Waals surface area contributed by atoms with Crippen LogP contribution in [0.1, 0.15) is 6.92 Å². The third kappa shape index (κ3) is 3.40. The van der Waals surface area contributed by atoms with E-state index in [0.29, 0.717) is 6.54 Å². The fourth-order valence-electron chi connectivity index (χ4n) is 1.34. The minimum atomic E-state index is -0.822. The Morgan fingerprint density at radius 2 is 2.39 bits per heavy atom. The number of hydrogen-bond acceptors (Lipinski definition) is 5. The molecule has 7 heteroatoms. The first-order valence-electron chi connectivity index (χ1n) is 5.28. The van der Waals surface area contributed by atoms with E-state index in [1.807, 2.05) is 6.07 Å². The van der Waals surface area contributed by atoms with Gasteiger partial charge in [-0.3, -0.25) is 15.4 Å². The van der Waals surface area contributed by atoms with Crippen LogP contribution in [-0.4, -0.2) is 24.1 Å². The highest BCUT2D eigenvalue weighted by Crippen LogP contribution is 2.29. The van der Waals surface area contributed by atoms with E-state index in [-0.39, 0.29) is 6.61 Å². The lowest BCUT2D eigenvalue weighted by molar-refractivity contribution is -0.386. The van der Waals surface area contributed by atoms with E-state index in [0.717, 1.165) is 12.1 Å². The van der Waals surface area contributed by atoms with Crippen molar-refractivity contribution in [3.05, 3.63) is 34.1 Å². The number of benzene rings is 1. The van der Waals surface area contributed by atoms with E-state index >= 15 is 0 Å². The van der Waals surface area contributed by atoms with Crippen LogP contribution < -0.4 is 10.1 Å². The zero-order chi connectivity index (χ0) is 13.5. The van der Waals surface area contributed by atoms with Crippen molar-refractivity contribution in [2.75, 3.05) is 13.2 Å². The van der Waals surface area contributed by atoms with Gasteiger partial charge in [-0.25, -0.2) is 4.39 Å². The molecule has 0 aliphatic heterocycles. The quantitative estimate of drug-likeness (QED) is 0.614. The second kappa shape index (κ2) is 6.51. The number of nitrogens with one attached hydrogen (secondary N) is 1. The number of likely N-dealkylation sites (N-methyl/N-ethyl adjacent to an activating group) is 1. The van der Waals surface area contributed by atoms with Crippen LogP contribution in [0.25, 0.3) is 0 Å². The number of hydrogen-bond donors (Lipinski definition) is 1. The smallest absolute Gasteiger partial charge is 0.314 e. The minimum Gasteiger partial charge on any atom is -0.482 e. The van der Waals surface area contributed by atoms with Crippen molar-refractivity contribution in [1.82, 2.24) is 5.32 Å². The summed E-state index contributed by atoms with van der Waals surface area (Å²) in [6.45, 7) is 2.18. The molecule has 6 nitrogen and oxygen atoms in total. The van der Waals surface area contributed by atoms with Crippen LogP contribution in [0.4, 0.5) is 10.1 Å². The summed E-state index contributed by atoms with van der Waals surface area (Å²) in [6, 6.07) is 4.71. The number of nitro groups is 1. The van der Waals surface area contributed by atoms with Gasteiger partial charge < -0.3 is 4.74 Å². The highest BCUT2D eigenvalue weighted by Gasteiger charge is 2.20. The number of nitro benzene ring substituents is 1. The molecule has 96 valence electrons. The molecule has 0 heterocycles. The van der Waals surface area contributed by atoms with E-state index in [9.17, 15) is 14.5 Å². The lowest BCUT2D eigenvalue weighted by Crippen LogP contribution is -2.33. The Labute approximate surface area is 103 Å². The summed E-state index contributed by atoms with van der Waals surface area (Å²) >= 11 is 0. The number of ether oxygens (including phenoxy) is 1. The lowest BCUT2D eigenvalue weighted by Gasteiger charge is -2.12. The van der Waals surface area contributed by atoms with Gasteiger partial charge in [-0.2, -0.15) is 5.26 Å². The van der Waals surface area contributed by atoms with Gasteiger partial charge >= 0.3 is 5.69 Å². The highest BCUT2D eigenvalue weighted by atomic mass is 19.1. The first kappa shape index (κ1) is 13.9. The van der Waals surface area contributed by atoms with E-state index in [1.165, 1.54) is 6.07 Å². The van der Waals surface area contributed by atoms with Crippen molar-refractivity contribution in [3.63, 3.8) is 0 Å². The van der Waals surface area contributed by atoms with Crippen molar-refractivity contribution in [2.45, 2.75) is 13.0 Å². The molecule has 0 aromatic heterocycles. The molecule has 0 spiro atoms. The third-order valence-corrected chi connectivity index (χ3v) is 2.14. The Morgan fingerprint density at radius 3 is 2.94 bits per heavy atom. The van der Waals surface area contributed by atoms with Crippen molar-refractivity contribution < 1.29 is 14.1 Å². The van der Waals surface area contributed by atoms with Crippen molar-refractivity contribution >= 4 is 5.69 Å². The zero-order valence-corrected chi connectivity index (χ0v) is 9.72. The number of halogens is 1. The SMILES string of the molecule is CCNC(C#N)COc1c(F)cccc1[N+](=O)[O-]. The van der Waals surface area contributed by atoms with Crippen LogP contribution in [0.2, 0.25) is 0 Å². The maximum absolute atomic E-state index is 13.4. The Morgan fingerprint density at radius 1 is 1.67 bits per heavy atom.